The Morgan fingerprint density at radius 2 is 1.69 bits per heavy atom. The molecule has 0 radical (unpaired) electrons. The zero-order valence-electron chi connectivity index (χ0n) is 16.0. The van der Waals surface area contributed by atoms with Gasteiger partial charge in [-0.05, 0) is 25.7 Å². The maximum absolute atomic E-state index is 11.8. The molecule has 0 aromatic heterocycles. The number of amides is 1. The van der Waals surface area contributed by atoms with Crippen molar-refractivity contribution in [2.75, 3.05) is 65.7 Å². The minimum Gasteiger partial charge on any atom is -0.450 e. The summed E-state index contributed by atoms with van der Waals surface area (Å²) in [7, 11) is -1.32. The van der Waals surface area contributed by atoms with Gasteiger partial charge in [-0.25, -0.2) is 17.5 Å². The van der Waals surface area contributed by atoms with Crippen LogP contribution in [0, 0.1) is 5.92 Å². The van der Waals surface area contributed by atoms with Crippen LogP contribution in [-0.2, 0) is 14.8 Å². The van der Waals surface area contributed by atoms with E-state index < -0.39 is 10.0 Å². The average molecular weight is 390 g/mol. The predicted octanol–water partition coefficient (Wildman–Crippen LogP) is 0.00750. The number of sulfonamides is 1. The van der Waals surface area contributed by atoms with E-state index >= 15 is 0 Å². The summed E-state index contributed by atoms with van der Waals surface area (Å²) >= 11 is 0. The third kappa shape index (κ3) is 5.73. The predicted molar refractivity (Wildman–Crippen MR) is 101 cm³/mol. The lowest BCUT2D eigenvalue weighted by Gasteiger charge is -2.36. The fourth-order valence-corrected chi connectivity index (χ4v) is 4.20. The molecule has 1 amide bonds. The van der Waals surface area contributed by atoms with Gasteiger partial charge in [0.15, 0.2) is 5.96 Å². The molecule has 2 heterocycles. The molecular weight excluding hydrogens is 358 g/mol. The minimum atomic E-state index is -3.08. The summed E-state index contributed by atoms with van der Waals surface area (Å²) in [5.74, 6) is 1.27. The van der Waals surface area contributed by atoms with E-state index in [1.54, 1.807) is 23.2 Å². The summed E-state index contributed by atoms with van der Waals surface area (Å²) < 4.78 is 29.7. The van der Waals surface area contributed by atoms with Crippen LogP contribution in [-0.4, -0.2) is 100 Å². The molecule has 10 heteroatoms. The molecule has 0 spiro atoms. The van der Waals surface area contributed by atoms with E-state index in [1.165, 1.54) is 6.26 Å². The van der Waals surface area contributed by atoms with Gasteiger partial charge in [0.25, 0.3) is 0 Å². The van der Waals surface area contributed by atoms with Crippen LogP contribution in [0.2, 0.25) is 0 Å². The van der Waals surface area contributed by atoms with E-state index in [0.29, 0.717) is 51.8 Å². The number of carbonyl (C=O) groups is 1. The summed E-state index contributed by atoms with van der Waals surface area (Å²) in [6, 6.07) is 0. The Labute approximate surface area is 156 Å². The minimum absolute atomic E-state index is 0.257. The number of nitrogens with one attached hydrogen (secondary N) is 1. The topological polar surface area (TPSA) is 94.6 Å². The highest BCUT2D eigenvalue weighted by atomic mass is 32.2. The second-order valence-corrected chi connectivity index (χ2v) is 8.69. The zero-order chi connectivity index (χ0) is 19.2. The quantitative estimate of drug-likeness (QED) is 0.538. The van der Waals surface area contributed by atoms with E-state index in [2.05, 4.69) is 15.2 Å². The first-order valence-electron chi connectivity index (χ1n) is 9.17. The monoisotopic (exact) mass is 389 g/mol. The molecule has 2 rings (SSSR count). The summed E-state index contributed by atoms with van der Waals surface area (Å²) in [6.07, 6.45) is 2.72. The van der Waals surface area contributed by atoms with Crippen molar-refractivity contribution in [1.29, 1.82) is 0 Å². The zero-order valence-corrected chi connectivity index (χ0v) is 16.8. The van der Waals surface area contributed by atoms with Gasteiger partial charge >= 0.3 is 6.09 Å². The van der Waals surface area contributed by atoms with Crippen molar-refractivity contribution in [1.82, 2.24) is 19.4 Å². The summed E-state index contributed by atoms with van der Waals surface area (Å²) in [6.45, 7) is 6.81. The van der Waals surface area contributed by atoms with Crippen LogP contribution in [0.1, 0.15) is 19.8 Å². The molecule has 1 N–H and O–H groups in total. The first kappa shape index (κ1) is 20.8. The number of aliphatic imine (C=N–C) groups is 1. The molecule has 0 aromatic carbocycles. The van der Waals surface area contributed by atoms with Crippen molar-refractivity contribution in [2.24, 2.45) is 10.9 Å². The fourth-order valence-electron chi connectivity index (χ4n) is 3.33. The van der Waals surface area contributed by atoms with Gasteiger partial charge in [0.2, 0.25) is 10.0 Å². The van der Waals surface area contributed by atoms with Gasteiger partial charge in [0.1, 0.15) is 0 Å². The molecule has 2 saturated heterocycles. The van der Waals surface area contributed by atoms with Gasteiger partial charge in [0.05, 0.1) is 12.9 Å². The van der Waals surface area contributed by atoms with E-state index in [0.717, 1.165) is 25.3 Å². The van der Waals surface area contributed by atoms with E-state index in [9.17, 15) is 13.2 Å². The normalized spacial score (nSPS) is 21.0. The Balaban J connectivity index is 1.75. The molecule has 0 saturated carbocycles. The number of guanidine groups is 1. The van der Waals surface area contributed by atoms with Crippen LogP contribution in [0.4, 0.5) is 4.79 Å². The van der Waals surface area contributed by atoms with Crippen LogP contribution in [0.5, 0.6) is 0 Å². The lowest BCUT2D eigenvalue weighted by molar-refractivity contribution is 0.0914. The lowest BCUT2D eigenvalue weighted by Crippen LogP contribution is -2.54. The number of hydrogen-bond acceptors (Lipinski definition) is 5. The maximum atomic E-state index is 11.8. The van der Waals surface area contributed by atoms with Crippen LogP contribution in [0.25, 0.3) is 0 Å². The van der Waals surface area contributed by atoms with Crippen LogP contribution < -0.4 is 5.32 Å². The lowest BCUT2D eigenvalue weighted by atomic mass is 9.98. The standard InChI is InChI=1S/C16H31N5O4S/c1-4-25-16(22)20-11-9-19(10-12-20)15(17-2)18-13-14-5-7-21(8-6-14)26(3,23)24/h14H,4-13H2,1-3H3,(H,17,18). The molecule has 150 valence electrons. The summed E-state index contributed by atoms with van der Waals surface area (Å²) in [4.78, 5) is 20.0. The van der Waals surface area contributed by atoms with Crippen molar-refractivity contribution >= 4 is 22.1 Å². The Kier molecular flexibility index (Phi) is 7.51. The highest BCUT2D eigenvalue weighted by Crippen LogP contribution is 2.18. The molecule has 0 bridgehead atoms. The third-order valence-corrected chi connectivity index (χ3v) is 6.21. The first-order valence-corrected chi connectivity index (χ1v) is 11.0. The molecule has 26 heavy (non-hydrogen) atoms. The Hall–Kier alpha value is -1.55. The van der Waals surface area contributed by atoms with Crippen LogP contribution in [0.15, 0.2) is 4.99 Å². The molecule has 0 unspecified atom stereocenters. The highest BCUT2D eigenvalue weighted by Gasteiger charge is 2.26. The van der Waals surface area contributed by atoms with Crippen LogP contribution >= 0.6 is 0 Å². The molecular formula is C16H31N5O4S. The maximum Gasteiger partial charge on any atom is 0.409 e. The summed E-state index contributed by atoms with van der Waals surface area (Å²) in [5.41, 5.74) is 0. The Bertz CT molecular complexity index is 594. The number of rotatable bonds is 4. The number of hydrogen-bond donors (Lipinski definition) is 1. The van der Waals surface area contributed by atoms with E-state index in [1.807, 2.05) is 0 Å². The molecule has 0 aromatic rings. The van der Waals surface area contributed by atoms with Gasteiger partial charge in [-0.1, -0.05) is 0 Å². The first-order chi connectivity index (χ1) is 12.3. The van der Waals surface area contributed by atoms with Gasteiger partial charge in [-0.2, -0.15) is 0 Å². The SMILES string of the molecule is CCOC(=O)N1CCN(C(=NC)NCC2CCN(S(C)(=O)=O)CC2)CC1. The van der Waals surface area contributed by atoms with Gasteiger partial charge in [-0.15, -0.1) is 0 Å². The third-order valence-electron chi connectivity index (χ3n) is 4.91. The van der Waals surface area contributed by atoms with Crippen molar-refractivity contribution in [3.05, 3.63) is 0 Å². The van der Waals surface area contributed by atoms with Crippen molar-refractivity contribution in [2.45, 2.75) is 19.8 Å². The number of nitrogens with zero attached hydrogens (tertiary/aromatic N) is 4. The number of carbonyl (C=O) groups excluding carboxylic acids is 1. The van der Waals surface area contributed by atoms with Crippen molar-refractivity contribution in [3.8, 4) is 0 Å². The molecule has 9 nitrogen and oxygen atoms in total. The largest absolute Gasteiger partial charge is 0.450 e. The molecule has 2 aliphatic rings. The number of ether oxygens (including phenoxy) is 1. The molecule has 0 atom stereocenters. The molecule has 0 aliphatic carbocycles. The van der Waals surface area contributed by atoms with Gasteiger partial charge in [-0.3, -0.25) is 4.99 Å². The van der Waals surface area contributed by atoms with Crippen molar-refractivity contribution in [3.63, 3.8) is 0 Å². The molecule has 2 fully saturated rings. The Morgan fingerprint density at radius 3 is 2.19 bits per heavy atom. The van der Waals surface area contributed by atoms with Crippen molar-refractivity contribution < 1.29 is 17.9 Å². The van der Waals surface area contributed by atoms with E-state index in [4.69, 9.17) is 4.74 Å². The van der Waals surface area contributed by atoms with Gasteiger partial charge in [0, 0.05) is 52.9 Å². The highest BCUT2D eigenvalue weighted by molar-refractivity contribution is 7.88. The number of piperazine rings is 1. The fraction of sp³-hybridized carbons (Fsp3) is 0.875. The second kappa shape index (κ2) is 9.40. The van der Waals surface area contributed by atoms with Crippen LogP contribution in [0.3, 0.4) is 0 Å². The van der Waals surface area contributed by atoms with Gasteiger partial charge < -0.3 is 19.9 Å². The second-order valence-electron chi connectivity index (χ2n) is 6.71. The smallest absolute Gasteiger partial charge is 0.409 e. The van der Waals surface area contributed by atoms with E-state index in [-0.39, 0.29) is 6.09 Å². The summed E-state index contributed by atoms with van der Waals surface area (Å²) in [5, 5.41) is 3.40. The average Bonchev–Trinajstić information content (AvgIpc) is 2.62. The molecule has 2 aliphatic heterocycles. The Morgan fingerprint density at radius 1 is 1.12 bits per heavy atom. The number of piperidine rings is 1.